The molecule has 3 aromatic rings. The van der Waals surface area contributed by atoms with Crippen molar-refractivity contribution in [2.75, 3.05) is 18.4 Å². The molecule has 0 aromatic heterocycles. The Morgan fingerprint density at radius 1 is 0.839 bits per heavy atom. The van der Waals surface area contributed by atoms with Gasteiger partial charge in [-0.2, -0.15) is 4.31 Å². The third-order valence-electron chi connectivity index (χ3n) is 5.84. The van der Waals surface area contributed by atoms with Crippen LogP contribution in [0.25, 0.3) is 0 Å². The zero-order chi connectivity index (χ0) is 21.7. The zero-order valence-electron chi connectivity index (χ0n) is 17.4. The summed E-state index contributed by atoms with van der Waals surface area (Å²) in [6, 6.07) is 23.5. The standard InChI is InChI=1S/C25H27FN2O2S/c26-23-8-6-22(7-9-23)19-27-24-10-12-25(13-11-24)31(29,30)28-16-14-21(15-17-28)18-20-4-2-1-3-5-20/h1-13,21,27H,14-19H2. The Morgan fingerprint density at radius 2 is 1.48 bits per heavy atom. The highest BCUT2D eigenvalue weighted by molar-refractivity contribution is 7.89. The summed E-state index contributed by atoms with van der Waals surface area (Å²) < 4.78 is 40.7. The van der Waals surface area contributed by atoms with E-state index in [2.05, 4.69) is 17.4 Å². The van der Waals surface area contributed by atoms with E-state index in [-0.39, 0.29) is 5.82 Å². The van der Waals surface area contributed by atoms with Crippen molar-refractivity contribution in [2.45, 2.75) is 30.7 Å². The molecule has 0 spiro atoms. The molecule has 1 fully saturated rings. The molecule has 6 heteroatoms. The van der Waals surface area contributed by atoms with Gasteiger partial charge in [0.1, 0.15) is 5.82 Å². The highest BCUT2D eigenvalue weighted by Crippen LogP contribution is 2.27. The van der Waals surface area contributed by atoms with Crippen LogP contribution in [0.1, 0.15) is 24.0 Å². The minimum atomic E-state index is -3.48. The zero-order valence-corrected chi connectivity index (χ0v) is 18.2. The van der Waals surface area contributed by atoms with Crippen LogP contribution in [0, 0.1) is 11.7 Å². The summed E-state index contributed by atoms with van der Waals surface area (Å²) in [5.41, 5.74) is 3.09. The number of halogens is 1. The summed E-state index contributed by atoms with van der Waals surface area (Å²) in [6.45, 7) is 1.66. The minimum absolute atomic E-state index is 0.262. The number of sulfonamides is 1. The van der Waals surface area contributed by atoms with E-state index in [1.54, 1.807) is 40.7 Å². The third-order valence-corrected chi connectivity index (χ3v) is 7.76. The summed E-state index contributed by atoms with van der Waals surface area (Å²) in [6.07, 6.45) is 2.76. The van der Waals surface area contributed by atoms with Crippen molar-refractivity contribution >= 4 is 15.7 Å². The first kappa shape index (κ1) is 21.5. The van der Waals surface area contributed by atoms with Gasteiger partial charge >= 0.3 is 0 Å². The van der Waals surface area contributed by atoms with Crippen LogP contribution >= 0.6 is 0 Å². The number of piperidine rings is 1. The first-order valence-corrected chi connectivity index (χ1v) is 12.1. The smallest absolute Gasteiger partial charge is 0.243 e. The lowest BCUT2D eigenvalue weighted by Gasteiger charge is -2.31. The molecule has 1 aliphatic rings. The lowest BCUT2D eigenvalue weighted by molar-refractivity contribution is 0.273. The van der Waals surface area contributed by atoms with Crippen molar-refractivity contribution in [1.82, 2.24) is 4.31 Å². The van der Waals surface area contributed by atoms with Crippen LogP contribution < -0.4 is 5.32 Å². The maximum absolute atomic E-state index is 13.0. The van der Waals surface area contributed by atoms with Gasteiger partial charge in [0.05, 0.1) is 4.90 Å². The fourth-order valence-corrected chi connectivity index (χ4v) is 5.47. The van der Waals surface area contributed by atoms with Crippen molar-refractivity contribution in [2.24, 2.45) is 5.92 Å². The van der Waals surface area contributed by atoms with Gasteiger partial charge in [0.2, 0.25) is 10.0 Å². The van der Waals surface area contributed by atoms with Crippen LogP contribution in [-0.4, -0.2) is 25.8 Å². The normalized spacial score (nSPS) is 15.6. The maximum Gasteiger partial charge on any atom is 0.243 e. The van der Waals surface area contributed by atoms with E-state index in [9.17, 15) is 12.8 Å². The molecular formula is C25H27FN2O2S. The fraction of sp³-hybridized carbons (Fsp3) is 0.280. The van der Waals surface area contributed by atoms with Gasteiger partial charge in [0.25, 0.3) is 0 Å². The molecule has 1 heterocycles. The second kappa shape index (κ2) is 9.62. The van der Waals surface area contributed by atoms with E-state index in [4.69, 9.17) is 0 Å². The molecule has 0 unspecified atom stereocenters. The molecule has 1 aliphatic heterocycles. The van der Waals surface area contributed by atoms with Crippen LogP contribution in [0.3, 0.4) is 0 Å². The molecular weight excluding hydrogens is 411 g/mol. The number of benzene rings is 3. The van der Waals surface area contributed by atoms with Crippen LogP contribution in [0.15, 0.2) is 83.8 Å². The molecule has 0 bridgehead atoms. The Kier molecular flexibility index (Phi) is 6.68. The molecule has 31 heavy (non-hydrogen) atoms. The van der Waals surface area contributed by atoms with Gasteiger partial charge in [0, 0.05) is 25.3 Å². The van der Waals surface area contributed by atoms with E-state index >= 15 is 0 Å². The van der Waals surface area contributed by atoms with Crippen molar-refractivity contribution < 1.29 is 12.8 Å². The number of rotatable bonds is 7. The monoisotopic (exact) mass is 438 g/mol. The molecule has 1 N–H and O–H groups in total. The molecule has 3 aromatic carbocycles. The molecule has 162 valence electrons. The Hall–Kier alpha value is -2.70. The van der Waals surface area contributed by atoms with E-state index in [0.29, 0.717) is 30.4 Å². The molecule has 0 saturated carbocycles. The Labute approximate surface area is 183 Å². The summed E-state index contributed by atoms with van der Waals surface area (Å²) in [5, 5.41) is 3.24. The van der Waals surface area contributed by atoms with Crippen LogP contribution in [-0.2, 0) is 23.0 Å². The first-order valence-electron chi connectivity index (χ1n) is 10.6. The molecule has 0 amide bonds. The summed E-state index contributed by atoms with van der Waals surface area (Å²) in [5.74, 6) is 0.259. The van der Waals surface area contributed by atoms with Crippen LogP contribution in [0.5, 0.6) is 0 Å². The van der Waals surface area contributed by atoms with Crippen LogP contribution in [0.4, 0.5) is 10.1 Å². The Morgan fingerprint density at radius 3 is 2.13 bits per heavy atom. The molecule has 0 aliphatic carbocycles. The molecule has 0 atom stereocenters. The van der Waals surface area contributed by atoms with E-state index in [1.165, 1.54) is 17.7 Å². The molecule has 4 rings (SSSR count). The minimum Gasteiger partial charge on any atom is -0.381 e. The van der Waals surface area contributed by atoms with Crippen molar-refractivity contribution in [3.63, 3.8) is 0 Å². The predicted molar refractivity (Wildman–Crippen MR) is 122 cm³/mol. The second-order valence-electron chi connectivity index (χ2n) is 8.04. The lowest BCUT2D eigenvalue weighted by atomic mass is 9.91. The fourth-order valence-electron chi connectivity index (χ4n) is 4.00. The van der Waals surface area contributed by atoms with E-state index in [0.717, 1.165) is 30.5 Å². The average molecular weight is 439 g/mol. The Bertz CT molecular complexity index is 1080. The summed E-state index contributed by atoms with van der Waals surface area (Å²) >= 11 is 0. The number of nitrogens with zero attached hydrogens (tertiary/aromatic N) is 1. The van der Waals surface area contributed by atoms with Gasteiger partial charge in [-0.15, -0.1) is 0 Å². The van der Waals surface area contributed by atoms with Gasteiger partial charge in [-0.25, -0.2) is 12.8 Å². The van der Waals surface area contributed by atoms with Crippen LogP contribution in [0.2, 0.25) is 0 Å². The van der Waals surface area contributed by atoms with Crippen molar-refractivity contribution in [3.8, 4) is 0 Å². The SMILES string of the molecule is O=S(=O)(c1ccc(NCc2ccc(F)cc2)cc1)N1CCC(Cc2ccccc2)CC1. The topological polar surface area (TPSA) is 49.4 Å². The molecule has 4 nitrogen and oxygen atoms in total. The van der Waals surface area contributed by atoms with Gasteiger partial charge in [0.15, 0.2) is 0 Å². The van der Waals surface area contributed by atoms with Gasteiger partial charge in [-0.05, 0) is 72.7 Å². The maximum atomic E-state index is 13.0. The van der Waals surface area contributed by atoms with Gasteiger partial charge in [-0.3, -0.25) is 0 Å². The van der Waals surface area contributed by atoms with Crippen molar-refractivity contribution in [3.05, 3.63) is 95.8 Å². The van der Waals surface area contributed by atoms with Gasteiger partial charge < -0.3 is 5.32 Å². The average Bonchev–Trinajstić information content (AvgIpc) is 2.80. The number of nitrogens with one attached hydrogen (secondary N) is 1. The highest BCUT2D eigenvalue weighted by Gasteiger charge is 2.29. The largest absolute Gasteiger partial charge is 0.381 e. The summed E-state index contributed by atoms with van der Waals surface area (Å²) in [7, 11) is -3.48. The number of hydrogen-bond donors (Lipinski definition) is 1. The van der Waals surface area contributed by atoms with E-state index < -0.39 is 10.0 Å². The first-order chi connectivity index (χ1) is 15.0. The second-order valence-corrected chi connectivity index (χ2v) is 9.98. The molecule has 1 saturated heterocycles. The van der Waals surface area contributed by atoms with Crippen molar-refractivity contribution in [1.29, 1.82) is 0 Å². The number of anilines is 1. The highest BCUT2D eigenvalue weighted by atomic mass is 32.2. The number of hydrogen-bond acceptors (Lipinski definition) is 3. The lowest BCUT2D eigenvalue weighted by Crippen LogP contribution is -2.38. The van der Waals surface area contributed by atoms with E-state index in [1.807, 2.05) is 18.2 Å². The van der Waals surface area contributed by atoms with Gasteiger partial charge in [-0.1, -0.05) is 42.5 Å². The Balaban J connectivity index is 1.32. The predicted octanol–water partition coefficient (Wildman–Crippen LogP) is 5.08. The molecule has 0 radical (unpaired) electrons. The summed E-state index contributed by atoms with van der Waals surface area (Å²) in [4.78, 5) is 0.321. The quantitative estimate of drug-likeness (QED) is 0.560. The third kappa shape index (κ3) is 5.51.